The molecule has 76 valence electrons. The molecule has 4 N–H and O–H groups in total. The van der Waals surface area contributed by atoms with Crippen molar-refractivity contribution in [2.45, 2.75) is 0 Å². The number of hydrogen-bond donors (Lipinski definition) is 3. The van der Waals surface area contributed by atoms with Gasteiger partial charge in [0.25, 0.3) is 5.91 Å². The highest BCUT2D eigenvalue weighted by atomic mass is 16.2. The van der Waals surface area contributed by atoms with Gasteiger partial charge in [0, 0.05) is 17.0 Å². The summed E-state index contributed by atoms with van der Waals surface area (Å²) in [7, 11) is 0. The monoisotopic (exact) mass is 203 g/mol. The lowest BCUT2D eigenvalue weighted by molar-refractivity contribution is 0.0949. The van der Waals surface area contributed by atoms with E-state index in [1.807, 2.05) is 5.43 Å². The molecule has 0 atom stereocenters. The molecule has 1 aromatic carbocycles. The smallest absolute Gasteiger partial charge is 0.281 e. The van der Waals surface area contributed by atoms with Gasteiger partial charge in [0.15, 0.2) is 5.43 Å². The number of hydrazine groups is 1. The Hall–Kier alpha value is -2.14. The Bertz CT molecular complexity index is 574. The molecule has 1 aromatic heterocycles. The SMILES string of the molecule is NNC(=O)c1cc(=O)c2ccccc2[nH]1. The van der Waals surface area contributed by atoms with E-state index < -0.39 is 5.91 Å². The maximum atomic E-state index is 11.6. The van der Waals surface area contributed by atoms with Gasteiger partial charge in [-0.1, -0.05) is 12.1 Å². The van der Waals surface area contributed by atoms with Gasteiger partial charge in [-0.2, -0.15) is 0 Å². The molecule has 15 heavy (non-hydrogen) atoms. The average molecular weight is 203 g/mol. The van der Waals surface area contributed by atoms with E-state index in [-0.39, 0.29) is 11.1 Å². The zero-order valence-electron chi connectivity index (χ0n) is 7.78. The molecule has 0 fully saturated rings. The lowest BCUT2D eigenvalue weighted by Crippen LogP contribution is -2.31. The molecule has 2 rings (SSSR count). The molecule has 0 saturated carbocycles. The van der Waals surface area contributed by atoms with Crippen LogP contribution in [0.4, 0.5) is 0 Å². The first-order valence-electron chi connectivity index (χ1n) is 4.35. The minimum atomic E-state index is -0.516. The Labute approximate surface area is 84.9 Å². The maximum Gasteiger partial charge on any atom is 0.281 e. The van der Waals surface area contributed by atoms with E-state index in [0.29, 0.717) is 10.9 Å². The highest BCUT2D eigenvalue weighted by molar-refractivity contribution is 5.94. The minimum Gasteiger partial charge on any atom is -0.350 e. The van der Waals surface area contributed by atoms with Crippen molar-refractivity contribution in [1.29, 1.82) is 0 Å². The number of pyridine rings is 1. The fourth-order valence-electron chi connectivity index (χ4n) is 1.40. The van der Waals surface area contributed by atoms with Gasteiger partial charge in [-0.25, -0.2) is 5.84 Å². The van der Waals surface area contributed by atoms with Crippen LogP contribution in [-0.4, -0.2) is 10.9 Å². The van der Waals surface area contributed by atoms with Gasteiger partial charge >= 0.3 is 0 Å². The number of para-hydroxylation sites is 1. The number of hydrogen-bond acceptors (Lipinski definition) is 3. The van der Waals surface area contributed by atoms with Crippen molar-refractivity contribution in [3.63, 3.8) is 0 Å². The molecule has 0 radical (unpaired) electrons. The van der Waals surface area contributed by atoms with Crippen molar-refractivity contribution in [2.24, 2.45) is 5.84 Å². The van der Waals surface area contributed by atoms with Crippen LogP contribution in [0.3, 0.4) is 0 Å². The third-order valence-corrected chi connectivity index (χ3v) is 2.11. The lowest BCUT2D eigenvalue weighted by Gasteiger charge is -2.02. The van der Waals surface area contributed by atoms with E-state index in [4.69, 9.17) is 5.84 Å². The summed E-state index contributed by atoms with van der Waals surface area (Å²) < 4.78 is 0. The number of amides is 1. The number of rotatable bonds is 1. The molecule has 0 aliphatic heterocycles. The molecule has 1 amide bonds. The number of nitrogens with one attached hydrogen (secondary N) is 2. The second kappa shape index (κ2) is 3.55. The van der Waals surface area contributed by atoms with Crippen LogP contribution < -0.4 is 16.7 Å². The highest BCUT2D eigenvalue weighted by Gasteiger charge is 2.07. The Kier molecular flexibility index (Phi) is 2.23. The third-order valence-electron chi connectivity index (χ3n) is 2.11. The van der Waals surface area contributed by atoms with Crippen LogP contribution in [0.2, 0.25) is 0 Å². The molecule has 0 saturated heterocycles. The molecule has 5 heteroatoms. The summed E-state index contributed by atoms with van der Waals surface area (Å²) in [6, 6.07) is 8.19. The van der Waals surface area contributed by atoms with Crippen LogP contribution in [0.5, 0.6) is 0 Å². The zero-order chi connectivity index (χ0) is 10.8. The summed E-state index contributed by atoms with van der Waals surface area (Å²) in [6.45, 7) is 0. The van der Waals surface area contributed by atoms with Gasteiger partial charge in [0.1, 0.15) is 5.69 Å². The topological polar surface area (TPSA) is 88.0 Å². The lowest BCUT2D eigenvalue weighted by atomic mass is 10.2. The first kappa shape index (κ1) is 9.42. The fraction of sp³-hybridized carbons (Fsp3) is 0. The van der Waals surface area contributed by atoms with Gasteiger partial charge in [-0.05, 0) is 12.1 Å². The van der Waals surface area contributed by atoms with Crippen LogP contribution in [0.15, 0.2) is 35.1 Å². The van der Waals surface area contributed by atoms with Crippen LogP contribution in [-0.2, 0) is 0 Å². The van der Waals surface area contributed by atoms with Gasteiger partial charge in [-0.3, -0.25) is 15.0 Å². The van der Waals surface area contributed by atoms with Gasteiger partial charge in [0.2, 0.25) is 0 Å². The average Bonchev–Trinajstić information content (AvgIpc) is 2.28. The Morgan fingerprint density at radius 1 is 1.33 bits per heavy atom. The first-order chi connectivity index (χ1) is 7.22. The molecule has 5 nitrogen and oxygen atoms in total. The third kappa shape index (κ3) is 1.60. The number of fused-ring (bicyclic) bond motifs is 1. The number of carbonyl (C=O) groups is 1. The normalized spacial score (nSPS) is 10.2. The first-order valence-corrected chi connectivity index (χ1v) is 4.35. The molecule has 1 heterocycles. The van der Waals surface area contributed by atoms with E-state index in [1.165, 1.54) is 6.07 Å². The molecule has 2 aromatic rings. The number of benzene rings is 1. The van der Waals surface area contributed by atoms with Crippen molar-refractivity contribution in [3.05, 3.63) is 46.2 Å². The van der Waals surface area contributed by atoms with Crippen molar-refractivity contribution >= 4 is 16.8 Å². The van der Waals surface area contributed by atoms with Crippen molar-refractivity contribution < 1.29 is 4.79 Å². The molecule has 0 unspecified atom stereocenters. The summed E-state index contributed by atoms with van der Waals surface area (Å²) in [5, 5.41) is 0.547. The fourth-order valence-corrected chi connectivity index (χ4v) is 1.40. The molecule has 0 aliphatic rings. The molecular formula is C10H9N3O2. The largest absolute Gasteiger partial charge is 0.350 e. The number of aromatic nitrogens is 1. The number of H-pyrrole nitrogens is 1. The number of carbonyl (C=O) groups excluding carboxylic acids is 1. The van der Waals surface area contributed by atoms with Crippen LogP contribution in [0, 0.1) is 0 Å². The van der Waals surface area contributed by atoms with Gasteiger partial charge < -0.3 is 4.98 Å². The Morgan fingerprint density at radius 3 is 2.80 bits per heavy atom. The second-order valence-corrected chi connectivity index (χ2v) is 3.07. The zero-order valence-corrected chi connectivity index (χ0v) is 7.78. The van der Waals surface area contributed by atoms with E-state index in [1.54, 1.807) is 24.3 Å². The van der Waals surface area contributed by atoms with Crippen molar-refractivity contribution in [3.8, 4) is 0 Å². The maximum absolute atomic E-state index is 11.6. The number of aromatic amines is 1. The Morgan fingerprint density at radius 2 is 2.07 bits per heavy atom. The molecule has 0 aliphatic carbocycles. The molecular weight excluding hydrogens is 194 g/mol. The summed E-state index contributed by atoms with van der Waals surface area (Å²) in [5.41, 5.74) is 2.53. The van der Waals surface area contributed by atoms with Crippen molar-refractivity contribution in [1.82, 2.24) is 10.4 Å². The van der Waals surface area contributed by atoms with E-state index in [0.717, 1.165) is 0 Å². The summed E-state index contributed by atoms with van der Waals surface area (Å²) in [5.74, 6) is 4.46. The predicted octanol–water partition coefficient (Wildman–Crippen LogP) is 0.132. The molecule has 0 bridgehead atoms. The highest BCUT2D eigenvalue weighted by Crippen LogP contribution is 2.06. The van der Waals surface area contributed by atoms with E-state index in [2.05, 4.69) is 4.98 Å². The van der Waals surface area contributed by atoms with Crippen LogP contribution in [0.1, 0.15) is 10.5 Å². The van der Waals surface area contributed by atoms with E-state index in [9.17, 15) is 9.59 Å². The summed E-state index contributed by atoms with van der Waals surface area (Å²) in [4.78, 5) is 25.6. The second-order valence-electron chi connectivity index (χ2n) is 3.07. The van der Waals surface area contributed by atoms with Gasteiger partial charge in [-0.15, -0.1) is 0 Å². The summed E-state index contributed by atoms with van der Waals surface area (Å²) >= 11 is 0. The molecule has 0 spiro atoms. The van der Waals surface area contributed by atoms with Crippen molar-refractivity contribution in [2.75, 3.05) is 0 Å². The van der Waals surface area contributed by atoms with Crippen LogP contribution in [0.25, 0.3) is 10.9 Å². The number of nitrogen functional groups attached to an aromatic ring is 1. The quantitative estimate of drug-likeness (QED) is 0.349. The summed E-state index contributed by atoms with van der Waals surface area (Å²) in [6.07, 6.45) is 0. The Balaban J connectivity index is 2.73. The van der Waals surface area contributed by atoms with E-state index >= 15 is 0 Å². The predicted molar refractivity (Wildman–Crippen MR) is 56.2 cm³/mol. The minimum absolute atomic E-state index is 0.154. The standard InChI is InChI=1S/C10H9N3O2/c11-13-10(15)8-5-9(14)6-3-1-2-4-7(6)12-8/h1-5H,11H2,(H,12,14)(H,13,15). The van der Waals surface area contributed by atoms with Gasteiger partial charge in [0.05, 0.1) is 0 Å². The number of nitrogens with two attached hydrogens (primary N) is 1. The van der Waals surface area contributed by atoms with Crippen LogP contribution >= 0.6 is 0 Å².